The predicted molar refractivity (Wildman–Crippen MR) is 104 cm³/mol. The lowest BCUT2D eigenvalue weighted by atomic mass is 10.0. The normalized spacial score (nSPS) is 22.3. The van der Waals surface area contributed by atoms with Crippen LogP contribution in [0.4, 0.5) is 0 Å². The van der Waals surface area contributed by atoms with E-state index in [0.717, 1.165) is 25.6 Å². The minimum Gasteiger partial charge on any atom is -0.484 e. The van der Waals surface area contributed by atoms with Crippen LogP contribution in [0, 0.1) is 11.8 Å². The van der Waals surface area contributed by atoms with Gasteiger partial charge in [-0.25, -0.2) is 0 Å². The quantitative estimate of drug-likeness (QED) is 0.775. The van der Waals surface area contributed by atoms with Crippen LogP contribution >= 0.6 is 0 Å². The molecule has 1 aliphatic heterocycles. The predicted octanol–water partition coefficient (Wildman–Crippen LogP) is 2.49. The Morgan fingerprint density at radius 3 is 2.81 bits per heavy atom. The van der Waals surface area contributed by atoms with Gasteiger partial charge in [-0.05, 0) is 61.9 Å². The average Bonchev–Trinajstić information content (AvgIpc) is 3.42. The molecule has 2 N–H and O–H groups in total. The summed E-state index contributed by atoms with van der Waals surface area (Å²) in [6, 6.07) is 8.66. The molecule has 2 fully saturated rings. The topological polar surface area (TPSA) is 58.8 Å². The van der Waals surface area contributed by atoms with Gasteiger partial charge in [0.1, 0.15) is 5.75 Å². The second-order valence-corrected chi connectivity index (χ2v) is 8.24. The summed E-state index contributed by atoms with van der Waals surface area (Å²) in [6.45, 7) is 10.3. The fourth-order valence-corrected chi connectivity index (χ4v) is 3.92. The van der Waals surface area contributed by atoms with Crippen LogP contribution in [0.5, 0.6) is 5.75 Å². The van der Waals surface area contributed by atoms with Gasteiger partial charge in [-0.1, -0.05) is 26.0 Å². The van der Waals surface area contributed by atoms with E-state index < -0.39 is 5.91 Å². The molecule has 0 radical (unpaired) electrons. The standard InChI is InChI=1S/C21H33N3O2/c1-16(2)20-14-23(9-4-10-24(20)13-17-7-8-17)12-18-5-3-6-19(11-18)26-15-21(22)25/h3,5-6,11,16-17,20H,4,7-10,12-15H2,1-2H3,(H2,22,25)/t20-/m0/s1. The van der Waals surface area contributed by atoms with E-state index in [1.807, 2.05) is 18.2 Å². The van der Waals surface area contributed by atoms with E-state index in [1.54, 1.807) is 0 Å². The number of amides is 1. The van der Waals surface area contributed by atoms with Gasteiger partial charge in [-0.2, -0.15) is 0 Å². The highest BCUT2D eigenvalue weighted by Gasteiger charge is 2.32. The van der Waals surface area contributed by atoms with E-state index >= 15 is 0 Å². The first kappa shape index (κ1) is 19.2. The monoisotopic (exact) mass is 359 g/mol. The maximum absolute atomic E-state index is 10.9. The van der Waals surface area contributed by atoms with Gasteiger partial charge in [0.2, 0.25) is 0 Å². The number of nitrogens with zero attached hydrogens (tertiary/aromatic N) is 2. The van der Waals surface area contributed by atoms with Gasteiger partial charge in [0, 0.05) is 25.7 Å². The molecule has 1 saturated carbocycles. The maximum atomic E-state index is 10.9. The molecule has 0 spiro atoms. The van der Waals surface area contributed by atoms with Crippen molar-refractivity contribution in [3.63, 3.8) is 0 Å². The van der Waals surface area contributed by atoms with E-state index in [0.29, 0.717) is 17.7 Å². The molecule has 2 aliphatic rings. The van der Waals surface area contributed by atoms with Crippen LogP contribution in [0.25, 0.3) is 0 Å². The van der Waals surface area contributed by atoms with Gasteiger partial charge in [0.15, 0.2) is 6.61 Å². The number of carbonyl (C=O) groups is 1. The SMILES string of the molecule is CC(C)[C@@H]1CN(Cc2cccc(OCC(N)=O)c2)CCCN1CC1CC1. The van der Waals surface area contributed by atoms with E-state index in [1.165, 1.54) is 37.9 Å². The van der Waals surface area contributed by atoms with Crippen LogP contribution in [-0.4, -0.2) is 54.5 Å². The molecule has 1 heterocycles. The molecule has 1 aromatic carbocycles. The summed E-state index contributed by atoms with van der Waals surface area (Å²) in [4.78, 5) is 16.2. The Hall–Kier alpha value is -1.59. The molecule has 0 unspecified atom stereocenters. The summed E-state index contributed by atoms with van der Waals surface area (Å²) in [6.07, 6.45) is 4.07. The molecule has 1 amide bonds. The second-order valence-electron chi connectivity index (χ2n) is 8.24. The van der Waals surface area contributed by atoms with Crippen LogP contribution in [0.3, 0.4) is 0 Å². The first-order valence-corrected chi connectivity index (χ1v) is 9.97. The average molecular weight is 360 g/mol. The highest BCUT2D eigenvalue weighted by molar-refractivity contribution is 5.75. The summed E-state index contributed by atoms with van der Waals surface area (Å²) in [7, 11) is 0. The number of hydrogen-bond acceptors (Lipinski definition) is 4. The summed E-state index contributed by atoms with van der Waals surface area (Å²) in [5.74, 6) is 1.88. The van der Waals surface area contributed by atoms with Gasteiger partial charge in [-0.3, -0.25) is 14.6 Å². The van der Waals surface area contributed by atoms with Gasteiger partial charge < -0.3 is 10.5 Å². The Morgan fingerprint density at radius 2 is 2.12 bits per heavy atom. The van der Waals surface area contributed by atoms with Crippen molar-refractivity contribution in [1.29, 1.82) is 0 Å². The van der Waals surface area contributed by atoms with Crippen molar-refractivity contribution in [2.75, 3.05) is 32.8 Å². The van der Waals surface area contributed by atoms with Crippen molar-refractivity contribution in [3.8, 4) is 5.75 Å². The summed E-state index contributed by atoms with van der Waals surface area (Å²) in [5, 5.41) is 0. The highest BCUT2D eigenvalue weighted by Crippen LogP contribution is 2.32. The Kier molecular flexibility index (Phi) is 6.54. The number of ether oxygens (including phenoxy) is 1. The number of nitrogens with two attached hydrogens (primary N) is 1. The van der Waals surface area contributed by atoms with Gasteiger partial charge in [0.05, 0.1) is 0 Å². The van der Waals surface area contributed by atoms with E-state index in [9.17, 15) is 4.79 Å². The fourth-order valence-electron chi connectivity index (χ4n) is 3.92. The minimum atomic E-state index is -0.446. The Bertz CT molecular complexity index is 601. The van der Waals surface area contributed by atoms with Crippen molar-refractivity contribution in [2.24, 2.45) is 17.6 Å². The molecular formula is C21H33N3O2. The molecule has 1 atom stereocenters. The summed E-state index contributed by atoms with van der Waals surface area (Å²) in [5.41, 5.74) is 6.39. The lowest BCUT2D eigenvalue weighted by molar-refractivity contribution is -0.119. The molecule has 1 aromatic rings. The maximum Gasteiger partial charge on any atom is 0.255 e. The highest BCUT2D eigenvalue weighted by atomic mass is 16.5. The third-order valence-corrected chi connectivity index (χ3v) is 5.48. The molecule has 144 valence electrons. The molecular weight excluding hydrogens is 326 g/mol. The summed E-state index contributed by atoms with van der Waals surface area (Å²) >= 11 is 0. The van der Waals surface area contributed by atoms with Gasteiger partial charge >= 0.3 is 0 Å². The Balaban J connectivity index is 1.61. The first-order valence-electron chi connectivity index (χ1n) is 9.97. The molecule has 5 nitrogen and oxygen atoms in total. The Morgan fingerprint density at radius 1 is 1.31 bits per heavy atom. The number of benzene rings is 1. The third kappa shape index (κ3) is 5.71. The number of carbonyl (C=O) groups excluding carboxylic acids is 1. The second kappa shape index (κ2) is 8.87. The molecule has 5 heteroatoms. The molecule has 1 aliphatic carbocycles. The number of primary amides is 1. The van der Waals surface area contributed by atoms with E-state index in [2.05, 4.69) is 29.7 Å². The van der Waals surface area contributed by atoms with E-state index in [4.69, 9.17) is 10.5 Å². The zero-order valence-electron chi connectivity index (χ0n) is 16.2. The van der Waals surface area contributed by atoms with Crippen molar-refractivity contribution in [3.05, 3.63) is 29.8 Å². The van der Waals surface area contributed by atoms with Crippen LogP contribution < -0.4 is 10.5 Å². The van der Waals surface area contributed by atoms with Crippen LogP contribution in [0.1, 0.15) is 38.7 Å². The van der Waals surface area contributed by atoms with Crippen molar-refractivity contribution in [1.82, 2.24) is 9.80 Å². The molecule has 0 bridgehead atoms. The van der Waals surface area contributed by atoms with Gasteiger partial charge in [0.25, 0.3) is 5.91 Å². The largest absolute Gasteiger partial charge is 0.484 e. The molecule has 3 rings (SSSR count). The zero-order valence-corrected chi connectivity index (χ0v) is 16.2. The number of hydrogen-bond donors (Lipinski definition) is 1. The lowest BCUT2D eigenvalue weighted by Gasteiger charge is -2.34. The van der Waals surface area contributed by atoms with Crippen molar-refractivity contribution < 1.29 is 9.53 Å². The molecule has 26 heavy (non-hydrogen) atoms. The third-order valence-electron chi connectivity index (χ3n) is 5.48. The summed E-state index contributed by atoms with van der Waals surface area (Å²) < 4.78 is 5.45. The minimum absolute atomic E-state index is 0.0707. The fraction of sp³-hybridized carbons (Fsp3) is 0.667. The van der Waals surface area contributed by atoms with Crippen molar-refractivity contribution in [2.45, 2.75) is 45.7 Å². The Labute approximate surface area is 157 Å². The lowest BCUT2D eigenvalue weighted by Crippen LogP contribution is -2.45. The van der Waals surface area contributed by atoms with Crippen LogP contribution in [-0.2, 0) is 11.3 Å². The zero-order chi connectivity index (χ0) is 18.5. The molecule has 1 saturated heterocycles. The molecule has 0 aromatic heterocycles. The van der Waals surface area contributed by atoms with Gasteiger partial charge in [-0.15, -0.1) is 0 Å². The van der Waals surface area contributed by atoms with Crippen molar-refractivity contribution >= 4 is 5.91 Å². The first-order chi connectivity index (χ1) is 12.5. The van der Waals surface area contributed by atoms with Crippen LogP contribution in [0.15, 0.2) is 24.3 Å². The van der Waals surface area contributed by atoms with E-state index in [-0.39, 0.29) is 6.61 Å². The smallest absolute Gasteiger partial charge is 0.255 e. The van der Waals surface area contributed by atoms with Crippen LogP contribution in [0.2, 0.25) is 0 Å². The number of rotatable bonds is 8.